The molecule has 3 aromatic rings. The molecule has 1 N–H and O–H groups in total. The van der Waals surface area contributed by atoms with E-state index in [1.807, 2.05) is 11.8 Å². The molecule has 0 aliphatic carbocycles. The number of rotatable bonds is 6. The summed E-state index contributed by atoms with van der Waals surface area (Å²) in [4.78, 5) is 18.6. The van der Waals surface area contributed by atoms with Gasteiger partial charge in [0.25, 0.3) is 0 Å². The van der Waals surface area contributed by atoms with Gasteiger partial charge in [-0.05, 0) is 37.3 Å². The molecule has 4 rings (SSSR count). The van der Waals surface area contributed by atoms with Gasteiger partial charge < -0.3 is 9.47 Å². The SMILES string of the molecule is CCOc1ccc(F)c(-c2ccc3nc(NC(=O)CN4CCOCC4)nn3c2)c1. The summed E-state index contributed by atoms with van der Waals surface area (Å²) in [6.07, 6.45) is 1.67. The smallest absolute Gasteiger partial charge is 0.249 e. The Bertz CT molecular complexity index is 1020. The van der Waals surface area contributed by atoms with Crippen LogP contribution in [-0.2, 0) is 9.53 Å². The van der Waals surface area contributed by atoms with Crippen LogP contribution in [0.3, 0.4) is 0 Å². The Kier molecular flexibility index (Phi) is 5.68. The molecular formula is C20H22FN5O3. The fourth-order valence-corrected chi connectivity index (χ4v) is 3.20. The number of pyridine rings is 1. The van der Waals surface area contributed by atoms with Gasteiger partial charge in [0, 0.05) is 30.4 Å². The topological polar surface area (TPSA) is 81.0 Å². The van der Waals surface area contributed by atoms with Crippen molar-refractivity contribution in [1.82, 2.24) is 19.5 Å². The number of carbonyl (C=O) groups is 1. The lowest BCUT2D eigenvalue weighted by molar-refractivity contribution is -0.118. The van der Waals surface area contributed by atoms with E-state index >= 15 is 0 Å². The van der Waals surface area contributed by atoms with Crippen molar-refractivity contribution < 1.29 is 18.7 Å². The van der Waals surface area contributed by atoms with Crippen LogP contribution in [0.4, 0.5) is 10.3 Å². The summed E-state index contributed by atoms with van der Waals surface area (Å²) in [5.74, 6) is 0.271. The molecule has 0 saturated carbocycles. The first-order valence-corrected chi connectivity index (χ1v) is 9.51. The molecule has 0 radical (unpaired) electrons. The number of nitrogens with one attached hydrogen (secondary N) is 1. The van der Waals surface area contributed by atoms with Gasteiger partial charge in [0.2, 0.25) is 11.9 Å². The van der Waals surface area contributed by atoms with Crippen molar-refractivity contribution in [1.29, 1.82) is 0 Å². The second-order valence-electron chi connectivity index (χ2n) is 6.67. The van der Waals surface area contributed by atoms with Crippen molar-refractivity contribution in [3.8, 4) is 16.9 Å². The minimum absolute atomic E-state index is 0.182. The minimum atomic E-state index is -0.355. The third kappa shape index (κ3) is 4.52. The van der Waals surface area contributed by atoms with E-state index in [9.17, 15) is 9.18 Å². The second kappa shape index (κ2) is 8.54. The van der Waals surface area contributed by atoms with Gasteiger partial charge in [0.1, 0.15) is 11.6 Å². The van der Waals surface area contributed by atoms with Gasteiger partial charge in [0.15, 0.2) is 5.65 Å². The molecule has 29 heavy (non-hydrogen) atoms. The first-order chi connectivity index (χ1) is 14.1. The quantitative estimate of drug-likeness (QED) is 0.685. The average Bonchev–Trinajstić information content (AvgIpc) is 3.11. The molecule has 1 fully saturated rings. The first kappa shape index (κ1) is 19.3. The Morgan fingerprint density at radius 2 is 2.10 bits per heavy atom. The van der Waals surface area contributed by atoms with E-state index in [2.05, 4.69) is 15.4 Å². The highest BCUT2D eigenvalue weighted by atomic mass is 19.1. The predicted octanol–water partition coefficient (Wildman–Crippen LogP) is 2.20. The van der Waals surface area contributed by atoms with Crippen molar-refractivity contribution >= 4 is 17.5 Å². The normalized spacial score (nSPS) is 14.8. The number of anilines is 1. The van der Waals surface area contributed by atoms with Gasteiger partial charge in [0.05, 0.1) is 26.4 Å². The number of halogens is 1. The van der Waals surface area contributed by atoms with Crippen LogP contribution >= 0.6 is 0 Å². The molecule has 0 spiro atoms. The number of carbonyl (C=O) groups excluding carboxylic acids is 1. The van der Waals surface area contributed by atoms with Crippen molar-refractivity contribution in [3.63, 3.8) is 0 Å². The van der Waals surface area contributed by atoms with Crippen LogP contribution in [0.25, 0.3) is 16.8 Å². The van der Waals surface area contributed by atoms with Crippen LogP contribution in [0, 0.1) is 5.82 Å². The van der Waals surface area contributed by atoms with Gasteiger partial charge in [-0.15, -0.1) is 5.10 Å². The van der Waals surface area contributed by atoms with Crippen LogP contribution in [0.2, 0.25) is 0 Å². The Morgan fingerprint density at radius 3 is 2.90 bits per heavy atom. The molecule has 1 aliphatic heterocycles. The fourth-order valence-electron chi connectivity index (χ4n) is 3.20. The number of aromatic nitrogens is 3. The maximum absolute atomic E-state index is 14.3. The predicted molar refractivity (Wildman–Crippen MR) is 105 cm³/mol. The zero-order chi connectivity index (χ0) is 20.2. The molecule has 8 nitrogen and oxygen atoms in total. The molecular weight excluding hydrogens is 377 g/mol. The van der Waals surface area contributed by atoms with Crippen LogP contribution in [-0.4, -0.2) is 64.9 Å². The van der Waals surface area contributed by atoms with E-state index < -0.39 is 0 Å². The minimum Gasteiger partial charge on any atom is -0.494 e. The summed E-state index contributed by atoms with van der Waals surface area (Å²) in [6.45, 7) is 5.34. The highest BCUT2D eigenvalue weighted by molar-refractivity contribution is 5.90. The standard InChI is InChI=1S/C20H22FN5O3/c1-2-29-15-4-5-17(21)16(11-15)14-3-6-18-22-20(24-26(18)12-14)23-19(27)13-25-7-9-28-10-8-25/h3-6,11-12H,2,7-10,13H2,1H3,(H,23,24,27). The third-order valence-electron chi connectivity index (χ3n) is 4.61. The van der Waals surface area contributed by atoms with Gasteiger partial charge in [-0.1, -0.05) is 0 Å². The van der Waals surface area contributed by atoms with E-state index in [1.165, 1.54) is 10.6 Å². The Morgan fingerprint density at radius 1 is 1.28 bits per heavy atom. The van der Waals surface area contributed by atoms with E-state index in [1.54, 1.807) is 30.5 Å². The van der Waals surface area contributed by atoms with Crippen LogP contribution in [0.15, 0.2) is 36.5 Å². The fraction of sp³-hybridized carbons (Fsp3) is 0.350. The summed E-state index contributed by atoms with van der Waals surface area (Å²) >= 11 is 0. The lowest BCUT2D eigenvalue weighted by Crippen LogP contribution is -2.41. The summed E-state index contributed by atoms with van der Waals surface area (Å²) in [5.41, 5.74) is 1.59. The van der Waals surface area contributed by atoms with Crippen molar-refractivity contribution in [3.05, 3.63) is 42.3 Å². The number of hydrogen-bond acceptors (Lipinski definition) is 6. The number of benzene rings is 1. The van der Waals surface area contributed by atoms with Crippen LogP contribution < -0.4 is 10.1 Å². The molecule has 0 atom stereocenters. The van der Waals surface area contributed by atoms with Crippen LogP contribution in [0.1, 0.15) is 6.92 Å². The highest BCUT2D eigenvalue weighted by Crippen LogP contribution is 2.27. The molecule has 9 heteroatoms. The highest BCUT2D eigenvalue weighted by Gasteiger charge is 2.16. The molecule has 1 aromatic carbocycles. The number of morpholine rings is 1. The summed E-state index contributed by atoms with van der Waals surface area (Å²) < 4.78 is 26.6. The Balaban J connectivity index is 1.52. The Hall–Kier alpha value is -3.04. The third-order valence-corrected chi connectivity index (χ3v) is 4.61. The zero-order valence-electron chi connectivity index (χ0n) is 16.1. The second-order valence-corrected chi connectivity index (χ2v) is 6.67. The van der Waals surface area contributed by atoms with E-state index in [4.69, 9.17) is 9.47 Å². The van der Waals surface area contributed by atoms with Crippen molar-refractivity contribution in [2.24, 2.45) is 0 Å². The summed E-state index contributed by atoms with van der Waals surface area (Å²) in [6, 6.07) is 8.12. The summed E-state index contributed by atoms with van der Waals surface area (Å²) in [7, 11) is 0. The first-order valence-electron chi connectivity index (χ1n) is 9.51. The lowest BCUT2D eigenvalue weighted by atomic mass is 10.1. The number of hydrogen-bond donors (Lipinski definition) is 1. The van der Waals surface area contributed by atoms with Gasteiger partial charge in [-0.3, -0.25) is 15.0 Å². The van der Waals surface area contributed by atoms with Crippen molar-refractivity contribution in [2.75, 3.05) is 44.8 Å². The Labute approximate surface area is 167 Å². The van der Waals surface area contributed by atoms with Gasteiger partial charge >= 0.3 is 0 Å². The molecule has 2 aromatic heterocycles. The van der Waals surface area contributed by atoms with Crippen molar-refractivity contribution in [2.45, 2.75) is 6.92 Å². The number of nitrogens with zero attached hydrogens (tertiary/aromatic N) is 4. The largest absolute Gasteiger partial charge is 0.494 e. The molecule has 1 amide bonds. The lowest BCUT2D eigenvalue weighted by Gasteiger charge is -2.25. The van der Waals surface area contributed by atoms with Crippen LogP contribution in [0.5, 0.6) is 5.75 Å². The van der Waals surface area contributed by atoms with E-state index in [-0.39, 0.29) is 24.2 Å². The molecule has 1 saturated heterocycles. The average molecular weight is 399 g/mol. The summed E-state index contributed by atoms with van der Waals surface area (Å²) in [5, 5.41) is 7.01. The van der Waals surface area contributed by atoms with Gasteiger partial charge in [-0.25, -0.2) is 8.91 Å². The number of amides is 1. The van der Waals surface area contributed by atoms with E-state index in [0.717, 1.165) is 13.1 Å². The zero-order valence-corrected chi connectivity index (χ0v) is 16.1. The monoisotopic (exact) mass is 399 g/mol. The maximum Gasteiger partial charge on any atom is 0.249 e. The molecule has 1 aliphatic rings. The molecule has 152 valence electrons. The van der Waals surface area contributed by atoms with E-state index in [0.29, 0.717) is 42.3 Å². The molecule has 0 bridgehead atoms. The maximum atomic E-state index is 14.3. The van der Waals surface area contributed by atoms with Gasteiger partial charge in [-0.2, -0.15) is 4.98 Å². The molecule has 3 heterocycles. The number of fused-ring (bicyclic) bond motifs is 1. The number of ether oxygens (including phenoxy) is 2. The molecule has 0 unspecified atom stereocenters.